The van der Waals surface area contributed by atoms with Gasteiger partial charge in [0.15, 0.2) is 17.3 Å². The second-order valence-electron chi connectivity index (χ2n) is 7.41. The van der Waals surface area contributed by atoms with E-state index in [9.17, 15) is 9.59 Å². The van der Waals surface area contributed by atoms with E-state index >= 15 is 0 Å². The van der Waals surface area contributed by atoms with Gasteiger partial charge < -0.3 is 19.8 Å². The Morgan fingerprint density at radius 1 is 1.12 bits per heavy atom. The lowest BCUT2D eigenvalue weighted by molar-refractivity contribution is -0.121. The summed E-state index contributed by atoms with van der Waals surface area (Å²) in [5.74, 6) is 1.34. The van der Waals surface area contributed by atoms with E-state index in [4.69, 9.17) is 9.47 Å². The SMILES string of the molecule is CCC(C)Oc1ccc(-c2nnc(CCC(=O)NCc3ccccc3)c(=O)[nH]2)cc1OC. The Labute approximate surface area is 187 Å². The van der Waals surface area contributed by atoms with Gasteiger partial charge >= 0.3 is 0 Å². The molecule has 0 spiro atoms. The fourth-order valence-corrected chi connectivity index (χ4v) is 2.98. The average Bonchev–Trinajstić information content (AvgIpc) is 2.82. The molecule has 0 bridgehead atoms. The minimum absolute atomic E-state index is 0.0542. The van der Waals surface area contributed by atoms with Crippen molar-refractivity contribution in [3.63, 3.8) is 0 Å². The summed E-state index contributed by atoms with van der Waals surface area (Å²) in [7, 11) is 1.56. The van der Waals surface area contributed by atoms with Crippen molar-refractivity contribution in [3.05, 3.63) is 70.1 Å². The molecule has 0 aliphatic heterocycles. The van der Waals surface area contributed by atoms with Crippen LogP contribution in [0.1, 0.15) is 37.9 Å². The summed E-state index contributed by atoms with van der Waals surface area (Å²) in [5.41, 5.74) is 1.51. The number of methoxy groups -OCH3 is 1. The molecule has 2 N–H and O–H groups in total. The van der Waals surface area contributed by atoms with Crippen LogP contribution in [0.4, 0.5) is 0 Å². The standard InChI is InChI=1S/C24H28N4O4/c1-4-16(2)32-20-12-10-18(14-21(20)31-3)23-26-24(30)19(27-28-23)11-13-22(29)25-15-17-8-6-5-7-9-17/h5-10,12,14,16H,4,11,13,15H2,1-3H3,(H,25,29)(H,26,28,30). The molecule has 1 amide bonds. The van der Waals surface area contributed by atoms with Gasteiger partial charge in [0.2, 0.25) is 5.91 Å². The minimum atomic E-state index is -0.371. The Kier molecular flexibility index (Phi) is 7.96. The molecule has 0 fully saturated rings. The van der Waals surface area contributed by atoms with Crippen molar-refractivity contribution in [2.24, 2.45) is 0 Å². The second-order valence-corrected chi connectivity index (χ2v) is 7.41. The molecule has 1 atom stereocenters. The van der Waals surface area contributed by atoms with Crippen LogP contribution in [0.25, 0.3) is 11.4 Å². The zero-order valence-corrected chi connectivity index (χ0v) is 18.6. The van der Waals surface area contributed by atoms with E-state index in [1.165, 1.54) is 0 Å². The third-order valence-corrected chi connectivity index (χ3v) is 5.03. The third kappa shape index (κ3) is 6.16. The zero-order valence-electron chi connectivity index (χ0n) is 18.6. The van der Waals surface area contributed by atoms with Crippen molar-refractivity contribution in [3.8, 4) is 22.9 Å². The molecule has 1 unspecified atom stereocenters. The quantitative estimate of drug-likeness (QED) is 0.505. The lowest BCUT2D eigenvalue weighted by Crippen LogP contribution is -2.25. The average molecular weight is 437 g/mol. The molecule has 168 valence electrons. The van der Waals surface area contributed by atoms with E-state index in [0.29, 0.717) is 29.4 Å². The van der Waals surface area contributed by atoms with Gasteiger partial charge in [0.1, 0.15) is 5.69 Å². The number of aromatic amines is 1. The van der Waals surface area contributed by atoms with Crippen molar-refractivity contribution in [1.82, 2.24) is 20.5 Å². The number of amides is 1. The highest BCUT2D eigenvalue weighted by Crippen LogP contribution is 2.32. The number of hydrogen-bond acceptors (Lipinski definition) is 6. The number of H-pyrrole nitrogens is 1. The van der Waals surface area contributed by atoms with Crippen LogP contribution in [0.2, 0.25) is 0 Å². The molecule has 3 aromatic rings. The lowest BCUT2D eigenvalue weighted by atomic mass is 10.2. The van der Waals surface area contributed by atoms with E-state index in [1.54, 1.807) is 25.3 Å². The van der Waals surface area contributed by atoms with Gasteiger partial charge in [0.25, 0.3) is 5.56 Å². The van der Waals surface area contributed by atoms with Crippen molar-refractivity contribution in [2.75, 3.05) is 7.11 Å². The van der Waals surface area contributed by atoms with Gasteiger partial charge in [0, 0.05) is 24.9 Å². The molecule has 0 saturated carbocycles. The van der Waals surface area contributed by atoms with Crippen molar-refractivity contribution in [2.45, 2.75) is 45.8 Å². The number of ether oxygens (including phenoxy) is 2. The summed E-state index contributed by atoms with van der Waals surface area (Å²) in [6.07, 6.45) is 1.28. The highest BCUT2D eigenvalue weighted by molar-refractivity contribution is 5.76. The molecule has 0 aliphatic carbocycles. The molecule has 3 rings (SSSR count). The van der Waals surface area contributed by atoms with E-state index in [-0.39, 0.29) is 36.1 Å². The fourth-order valence-electron chi connectivity index (χ4n) is 2.98. The minimum Gasteiger partial charge on any atom is -0.493 e. The van der Waals surface area contributed by atoms with Gasteiger partial charge in [-0.2, -0.15) is 0 Å². The maximum Gasteiger partial charge on any atom is 0.273 e. The van der Waals surface area contributed by atoms with Crippen LogP contribution in [-0.4, -0.2) is 34.3 Å². The lowest BCUT2D eigenvalue weighted by Gasteiger charge is -2.16. The predicted octanol–water partition coefficient (Wildman–Crippen LogP) is 3.27. The maximum atomic E-state index is 12.5. The van der Waals surface area contributed by atoms with Gasteiger partial charge in [-0.15, -0.1) is 10.2 Å². The molecule has 8 nitrogen and oxygen atoms in total. The van der Waals surface area contributed by atoms with Crippen LogP contribution in [-0.2, 0) is 17.8 Å². The van der Waals surface area contributed by atoms with Crippen molar-refractivity contribution >= 4 is 5.91 Å². The predicted molar refractivity (Wildman–Crippen MR) is 122 cm³/mol. The van der Waals surface area contributed by atoms with Crippen LogP contribution >= 0.6 is 0 Å². The van der Waals surface area contributed by atoms with Crippen LogP contribution in [0.5, 0.6) is 11.5 Å². The first-order valence-corrected chi connectivity index (χ1v) is 10.6. The summed E-state index contributed by atoms with van der Waals surface area (Å²) in [6.45, 7) is 4.47. The second kappa shape index (κ2) is 11.1. The molecule has 8 heteroatoms. The number of aromatic nitrogens is 3. The zero-order chi connectivity index (χ0) is 22.9. The van der Waals surface area contributed by atoms with E-state index in [1.807, 2.05) is 44.2 Å². The Morgan fingerprint density at radius 3 is 2.59 bits per heavy atom. The molecule has 1 heterocycles. The fraction of sp³-hybridized carbons (Fsp3) is 0.333. The summed E-state index contributed by atoms with van der Waals surface area (Å²) in [4.78, 5) is 27.3. The Balaban J connectivity index is 1.63. The first-order chi connectivity index (χ1) is 15.5. The highest BCUT2D eigenvalue weighted by atomic mass is 16.5. The summed E-state index contributed by atoms with van der Waals surface area (Å²) in [5, 5.41) is 11.0. The topological polar surface area (TPSA) is 106 Å². The molecule has 0 aliphatic rings. The summed E-state index contributed by atoms with van der Waals surface area (Å²) < 4.78 is 11.3. The number of nitrogens with one attached hydrogen (secondary N) is 2. The van der Waals surface area contributed by atoms with Gasteiger partial charge in [-0.3, -0.25) is 9.59 Å². The summed E-state index contributed by atoms with van der Waals surface area (Å²) >= 11 is 0. The first-order valence-electron chi connectivity index (χ1n) is 10.6. The number of carbonyl (C=O) groups excluding carboxylic acids is 1. The number of hydrogen-bond donors (Lipinski definition) is 2. The molecule has 32 heavy (non-hydrogen) atoms. The van der Waals surface area contributed by atoms with E-state index < -0.39 is 0 Å². The number of rotatable bonds is 10. The van der Waals surface area contributed by atoms with Crippen LogP contribution < -0.4 is 20.3 Å². The van der Waals surface area contributed by atoms with Crippen LogP contribution in [0, 0.1) is 0 Å². The molecule has 0 saturated heterocycles. The molecule has 0 radical (unpaired) electrons. The monoisotopic (exact) mass is 436 g/mol. The molecule has 1 aromatic heterocycles. The van der Waals surface area contributed by atoms with Gasteiger partial charge in [0.05, 0.1) is 13.2 Å². The number of aryl methyl sites for hydroxylation is 1. The molecular weight excluding hydrogens is 408 g/mol. The van der Waals surface area contributed by atoms with E-state index in [0.717, 1.165) is 12.0 Å². The Bertz CT molecular complexity index is 1100. The largest absolute Gasteiger partial charge is 0.493 e. The Morgan fingerprint density at radius 2 is 1.91 bits per heavy atom. The first kappa shape index (κ1) is 23.0. The van der Waals surface area contributed by atoms with Gasteiger partial charge in [-0.1, -0.05) is 37.3 Å². The molecule has 2 aromatic carbocycles. The highest BCUT2D eigenvalue weighted by Gasteiger charge is 2.13. The Hall–Kier alpha value is -3.68. The summed E-state index contributed by atoms with van der Waals surface area (Å²) in [6, 6.07) is 14.9. The number of nitrogens with zero attached hydrogens (tertiary/aromatic N) is 2. The van der Waals surface area contributed by atoms with Crippen molar-refractivity contribution in [1.29, 1.82) is 0 Å². The van der Waals surface area contributed by atoms with Crippen LogP contribution in [0.3, 0.4) is 0 Å². The number of benzene rings is 2. The van der Waals surface area contributed by atoms with Gasteiger partial charge in [-0.05, 0) is 37.1 Å². The van der Waals surface area contributed by atoms with E-state index in [2.05, 4.69) is 20.5 Å². The molecular formula is C24H28N4O4. The normalized spacial score (nSPS) is 11.6. The van der Waals surface area contributed by atoms with Crippen molar-refractivity contribution < 1.29 is 14.3 Å². The third-order valence-electron chi connectivity index (χ3n) is 5.03. The maximum absolute atomic E-state index is 12.5. The smallest absolute Gasteiger partial charge is 0.273 e. The van der Waals surface area contributed by atoms with Gasteiger partial charge in [-0.25, -0.2) is 0 Å². The van der Waals surface area contributed by atoms with Crippen LogP contribution in [0.15, 0.2) is 53.3 Å². The number of carbonyl (C=O) groups is 1.